The molecule has 2 aromatic carbocycles. The molecule has 0 bridgehead atoms. The number of halogens is 3. The molecule has 0 saturated carbocycles. The van der Waals surface area contributed by atoms with Gasteiger partial charge in [-0.1, -0.05) is 36.4 Å². The Labute approximate surface area is 181 Å². The summed E-state index contributed by atoms with van der Waals surface area (Å²) in [6.45, 7) is 2.29. The highest BCUT2D eigenvalue weighted by atomic mass is 19.4. The van der Waals surface area contributed by atoms with Gasteiger partial charge >= 0.3 is 6.18 Å². The second kappa shape index (κ2) is 9.43. The number of hydrogen-bond acceptors (Lipinski definition) is 2. The fraction of sp³-hybridized carbons (Fsp3) is 0.480. The van der Waals surface area contributed by atoms with Crippen molar-refractivity contribution in [1.82, 2.24) is 10.2 Å². The second-order valence-corrected chi connectivity index (χ2v) is 8.82. The standard InChI is InChI=1S/C25H29F3N2O/c26-25(27,28)22-7-3-4-19(14-22)17-29-24(31)9-8-18-10-12-30(13-11-18)23-15-20-5-1-2-6-21(20)16-23/h1-7,14,18,23H,8-13,15-17H2,(H,29,31). The number of carbonyl (C=O) groups excluding carboxylic acids is 1. The number of carbonyl (C=O) groups is 1. The summed E-state index contributed by atoms with van der Waals surface area (Å²) in [6, 6.07) is 14.4. The molecule has 166 valence electrons. The third-order valence-corrected chi connectivity index (χ3v) is 6.72. The molecule has 1 fully saturated rings. The first-order valence-electron chi connectivity index (χ1n) is 11.1. The molecule has 1 amide bonds. The monoisotopic (exact) mass is 430 g/mol. The average Bonchev–Trinajstić information content (AvgIpc) is 3.20. The first-order valence-corrected chi connectivity index (χ1v) is 11.1. The summed E-state index contributed by atoms with van der Waals surface area (Å²) >= 11 is 0. The SMILES string of the molecule is O=C(CCC1CCN(C2Cc3ccccc3C2)CC1)NCc1cccc(C(F)(F)F)c1. The highest BCUT2D eigenvalue weighted by Gasteiger charge is 2.31. The van der Waals surface area contributed by atoms with Crippen molar-refractivity contribution in [3.63, 3.8) is 0 Å². The van der Waals surface area contributed by atoms with Crippen LogP contribution in [0.5, 0.6) is 0 Å². The zero-order valence-electron chi connectivity index (χ0n) is 17.6. The molecule has 2 aromatic rings. The Morgan fingerprint density at radius 1 is 1.00 bits per heavy atom. The number of likely N-dealkylation sites (tertiary alicyclic amines) is 1. The minimum atomic E-state index is -4.36. The third-order valence-electron chi connectivity index (χ3n) is 6.72. The average molecular weight is 431 g/mol. The van der Waals surface area contributed by atoms with Crippen LogP contribution in [0.25, 0.3) is 0 Å². The maximum absolute atomic E-state index is 12.8. The minimum Gasteiger partial charge on any atom is -0.352 e. The summed E-state index contributed by atoms with van der Waals surface area (Å²) in [7, 11) is 0. The summed E-state index contributed by atoms with van der Waals surface area (Å²) < 4.78 is 38.4. The van der Waals surface area contributed by atoms with Crippen LogP contribution in [-0.4, -0.2) is 29.9 Å². The zero-order valence-corrected chi connectivity index (χ0v) is 17.6. The van der Waals surface area contributed by atoms with Crippen molar-refractivity contribution in [3.8, 4) is 0 Å². The maximum atomic E-state index is 12.8. The van der Waals surface area contributed by atoms with Gasteiger partial charge in [-0.3, -0.25) is 9.69 Å². The van der Waals surface area contributed by atoms with Gasteiger partial charge in [-0.05, 0) is 79.9 Å². The lowest BCUT2D eigenvalue weighted by Crippen LogP contribution is -2.42. The van der Waals surface area contributed by atoms with E-state index in [1.807, 2.05) is 0 Å². The topological polar surface area (TPSA) is 32.3 Å². The minimum absolute atomic E-state index is 0.0916. The number of fused-ring (bicyclic) bond motifs is 1. The quantitative estimate of drug-likeness (QED) is 0.701. The van der Waals surface area contributed by atoms with Crippen molar-refractivity contribution in [2.75, 3.05) is 13.1 Å². The van der Waals surface area contributed by atoms with E-state index in [-0.39, 0.29) is 12.5 Å². The number of amides is 1. The number of alkyl halides is 3. The van der Waals surface area contributed by atoms with Gasteiger partial charge < -0.3 is 5.32 Å². The van der Waals surface area contributed by atoms with Crippen LogP contribution in [0.3, 0.4) is 0 Å². The van der Waals surface area contributed by atoms with Crippen LogP contribution in [0.1, 0.15) is 47.9 Å². The van der Waals surface area contributed by atoms with E-state index in [0.717, 1.165) is 57.3 Å². The summed E-state index contributed by atoms with van der Waals surface area (Å²) in [5.74, 6) is 0.449. The molecule has 1 N–H and O–H groups in total. The van der Waals surface area contributed by atoms with E-state index in [1.165, 1.54) is 17.2 Å². The number of hydrogen-bond donors (Lipinski definition) is 1. The summed E-state index contributed by atoms with van der Waals surface area (Å²) in [4.78, 5) is 14.8. The van der Waals surface area contributed by atoms with Gasteiger partial charge in [0, 0.05) is 19.0 Å². The van der Waals surface area contributed by atoms with Crippen molar-refractivity contribution in [1.29, 1.82) is 0 Å². The first kappa shape index (κ1) is 21.9. The molecule has 0 unspecified atom stereocenters. The Balaban J connectivity index is 1.16. The van der Waals surface area contributed by atoms with Gasteiger partial charge in [-0.2, -0.15) is 13.2 Å². The van der Waals surface area contributed by atoms with Crippen molar-refractivity contribution in [2.24, 2.45) is 5.92 Å². The smallest absolute Gasteiger partial charge is 0.352 e. The van der Waals surface area contributed by atoms with E-state index in [0.29, 0.717) is 23.9 Å². The van der Waals surface area contributed by atoms with Crippen LogP contribution in [0.2, 0.25) is 0 Å². The lowest BCUT2D eigenvalue weighted by Gasteiger charge is -2.36. The van der Waals surface area contributed by atoms with Crippen LogP contribution in [0.15, 0.2) is 48.5 Å². The van der Waals surface area contributed by atoms with Gasteiger partial charge in [0.15, 0.2) is 0 Å². The molecular formula is C25H29F3N2O. The normalized spacial score (nSPS) is 18.2. The predicted molar refractivity (Wildman–Crippen MR) is 114 cm³/mol. The molecule has 1 heterocycles. The van der Waals surface area contributed by atoms with Crippen LogP contribution < -0.4 is 5.32 Å². The van der Waals surface area contributed by atoms with Gasteiger partial charge in [0.2, 0.25) is 5.91 Å². The van der Waals surface area contributed by atoms with Crippen molar-refractivity contribution in [3.05, 3.63) is 70.8 Å². The molecule has 0 radical (unpaired) electrons. The summed E-state index contributed by atoms with van der Waals surface area (Å²) in [5.41, 5.74) is 2.74. The van der Waals surface area contributed by atoms with Gasteiger partial charge in [-0.25, -0.2) is 0 Å². The molecule has 31 heavy (non-hydrogen) atoms. The Morgan fingerprint density at radius 2 is 1.68 bits per heavy atom. The van der Waals surface area contributed by atoms with Gasteiger partial charge in [0.05, 0.1) is 5.56 Å². The van der Waals surface area contributed by atoms with E-state index >= 15 is 0 Å². The highest BCUT2D eigenvalue weighted by Crippen LogP contribution is 2.31. The second-order valence-electron chi connectivity index (χ2n) is 8.82. The van der Waals surface area contributed by atoms with Crippen molar-refractivity contribution < 1.29 is 18.0 Å². The molecule has 2 aliphatic rings. The molecule has 0 aromatic heterocycles. The summed E-state index contributed by atoms with van der Waals surface area (Å²) in [5, 5.41) is 2.76. The van der Waals surface area contributed by atoms with Gasteiger partial charge in [0.25, 0.3) is 0 Å². The fourth-order valence-electron chi connectivity index (χ4n) is 4.88. The van der Waals surface area contributed by atoms with Crippen LogP contribution in [0, 0.1) is 5.92 Å². The van der Waals surface area contributed by atoms with E-state index < -0.39 is 11.7 Å². The number of nitrogens with one attached hydrogen (secondary N) is 1. The van der Waals surface area contributed by atoms with E-state index in [4.69, 9.17) is 0 Å². The number of benzene rings is 2. The van der Waals surface area contributed by atoms with E-state index in [2.05, 4.69) is 34.5 Å². The Morgan fingerprint density at radius 3 is 2.32 bits per heavy atom. The Kier molecular flexibility index (Phi) is 6.65. The third kappa shape index (κ3) is 5.67. The van der Waals surface area contributed by atoms with Crippen LogP contribution >= 0.6 is 0 Å². The highest BCUT2D eigenvalue weighted by molar-refractivity contribution is 5.75. The maximum Gasteiger partial charge on any atom is 0.416 e. The Hall–Kier alpha value is -2.34. The molecule has 1 aliphatic heterocycles. The van der Waals surface area contributed by atoms with E-state index in [1.54, 1.807) is 6.07 Å². The number of piperidine rings is 1. The first-order chi connectivity index (χ1) is 14.9. The van der Waals surface area contributed by atoms with Gasteiger partial charge in [-0.15, -0.1) is 0 Å². The molecular weight excluding hydrogens is 401 g/mol. The number of rotatable bonds is 6. The van der Waals surface area contributed by atoms with E-state index in [9.17, 15) is 18.0 Å². The molecule has 0 spiro atoms. The zero-order chi connectivity index (χ0) is 21.8. The molecule has 0 atom stereocenters. The predicted octanol–water partition coefficient (Wildman–Crippen LogP) is 4.98. The van der Waals surface area contributed by atoms with Crippen LogP contribution in [-0.2, 0) is 30.4 Å². The van der Waals surface area contributed by atoms with Crippen molar-refractivity contribution >= 4 is 5.91 Å². The van der Waals surface area contributed by atoms with Crippen LogP contribution in [0.4, 0.5) is 13.2 Å². The Bertz CT molecular complexity index is 879. The molecule has 1 saturated heterocycles. The number of nitrogens with zero attached hydrogens (tertiary/aromatic N) is 1. The molecule has 6 heteroatoms. The lowest BCUT2D eigenvalue weighted by atomic mass is 9.91. The summed E-state index contributed by atoms with van der Waals surface area (Å²) in [6.07, 6.45) is 1.39. The molecule has 4 rings (SSSR count). The fourth-order valence-corrected chi connectivity index (χ4v) is 4.88. The van der Waals surface area contributed by atoms with Crippen molar-refractivity contribution in [2.45, 2.75) is 57.3 Å². The largest absolute Gasteiger partial charge is 0.416 e. The lowest BCUT2D eigenvalue weighted by molar-refractivity contribution is -0.137. The molecule has 3 nitrogen and oxygen atoms in total. The van der Waals surface area contributed by atoms with Gasteiger partial charge in [0.1, 0.15) is 0 Å². The molecule has 1 aliphatic carbocycles.